The lowest BCUT2D eigenvalue weighted by Crippen LogP contribution is -2.45. The second kappa shape index (κ2) is 3.97. The molecule has 1 rings (SSSR count). The summed E-state index contributed by atoms with van der Waals surface area (Å²) in [5, 5.41) is 0. The third-order valence-corrected chi connectivity index (χ3v) is 3.13. The summed E-state index contributed by atoms with van der Waals surface area (Å²) in [4.78, 5) is 4.92. The number of hydrogen-bond donors (Lipinski definition) is 0. The van der Waals surface area contributed by atoms with E-state index in [2.05, 4.69) is 44.7 Å². The number of nitrogens with zero attached hydrogens (tertiary/aromatic N) is 2. The minimum atomic E-state index is 0.461. The first-order valence-corrected chi connectivity index (χ1v) is 5.29. The molecule has 0 amide bonds. The van der Waals surface area contributed by atoms with E-state index >= 15 is 0 Å². The van der Waals surface area contributed by atoms with Crippen LogP contribution in [-0.2, 0) is 0 Å². The lowest BCUT2D eigenvalue weighted by molar-refractivity contribution is 0.0973. The second-order valence-corrected chi connectivity index (χ2v) is 5.44. The van der Waals surface area contributed by atoms with Crippen LogP contribution in [0.15, 0.2) is 0 Å². The molecule has 0 bridgehead atoms. The van der Waals surface area contributed by atoms with Gasteiger partial charge in [-0.3, -0.25) is 0 Å². The van der Waals surface area contributed by atoms with Gasteiger partial charge in [0.2, 0.25) is 0 Å². The summed E-state index contributed by atoms with van der Waals surface area (Å²) in [6, 6.07) is 0.726. The van der Waals surface area contributed by atoms with Crippen LogP contribution in [0.5, 0.6) is 0 Å². The Kier molecular flexibility index (Phi) is 3.36. The largest absolute Gasteiger partial charge is 0.305 e. The molecule has 1 heterocycles. The van der Waals surface area contributed by atoms with E-state index in [1.807, 2.05) is 0 Å². The van der Waals surface area contributed by atoms with E-state index in [0.29, 0.717) is 5.41 Å². The van der Waals surface area contributed by atoms with E-state index in [-0.39, 0.29) is 0 Å². The molecule has 1 fully saturated rings. The van der Waals surface area contributed by atoms with Crippen molar-refractivity contribution in [1.29, 1.82) is 0 Å². The zero-order chi connectivity index (χ0) is 10.1. The predicted octanol–water partition coefficient (Wildman–Crippen LogP) is 1.67. The Morgan fingerprint density at radius 2 is 1.77 bits per heavy atom. The van der Waals surface area contributed by atoms with Crippen LogP contribution in [0, 0.1) is 5.41 Å². The lowest BCUT2D eigenvalue weighted by atomic mass is 9.84. The van der Waals surface area contributed by atoms with Gasteiger partial charge >= 0.3 is 0 Å². The monoisotopic (exact) mass is 184 g/mol. The summed E-state index contributed by atoms with van der Waals surface area (Å²) in [7, 11) is 4.46. The van der Waals surface area contributed by atoms with Crippen LogP contribution in [0.4, 0.5) is 0 Å². The van der Waals surface area contributed by atoms with E-state index in [0.717, 1.165) is 6.04 Å². The minimum Gasteiger partial charge on any atom is -0.305 e. The second-order valence-electron chi connectivity index (χ2n) is 5.44. The van der Waals surface area contributed by atoms with Crippen LogP contribution in [0.1, 0.15) is 27.2 Å². The minimum absolute atomic E-state index is 0.461. The van der Waals surface area contributed by atoms with Crippen LogP contribution < -0.4 is 0 Å². The zero-order valence-corrected chi connectivity index (χ0v) is 9.80. The van der Waals surface area contributed by atoms with Gasteiger partial charge in [-0.25, -0.2) is 0 Å². The van der Waals surface area contributed by atoms with Crippen molar-refractivity contribution in [1.82, 2.24) is 9.80 Å². The van der Waals surface area contributed by atoms with Crippen LogP contribution in [0.2, 0.25) is 0 Å². The van der Waals surface area contributed by atoms with Gasteiger partial charge in [-0.15, -0.1) is 0 Å². The van der Waals surface area contributed by atoms with Gasteiger partial charge in [-0.1, -0.05) is 13.8 Å². The molecule has 1 aliphatic heterocycles. The molecule has 0 saturated carbocycles. The maximum Gasteiger partial charge on any atom is 0.0109 e. The van der Waals surface area contributed by atoms with Crippen molar-refractivity contribution in [3.05, 3.63) is 0 Å². The molecule has 0 aromatic heterocycles. The fourth-order valence-electron chi connectivity index (χ4n) is 2.38. The van der Waals surface area contributed by atoms with Crippen LogP contribution in [0.25, 0.3) is 0 Å². The van der Waals surface area contributed by atoms with Gasteiger partial charge in [0.25, 0.3) is 0 Å². The molecule has 1 unspecified atom stereocenters. The van der Waals surface area contributed by atoms with E-state index in [4.69, 9.17) is 0 Å². The van der Waals surface area contributed by atoms with Crippen LogP contribution in [0.3, 0.4) is 0 Å². The Bertz CT molecular complexity index is 165. The molecule has 2 heteroatoms. The van der Waals surface area contributed by atoms with Crippen LogP contribution in [-0.4, -0.2) is 49.6 Å². The maximum atomic E-state index is 2.47. The topological polar surface area (TPSA) is 6.48 Å². The summed E-state index contributed by atoms with van der Waals surface area (Å²) in [5.41, 5.74) is 0.461. The third kappa shape index (κ3) is 3.28. The van der Waals surface area contributed by atoms with Crippen molar-refractivity contribution in [2.45, 2.75) is 33.2 Å². The van der Waals surface area contributed by atoms with Crippen molar-refractivity contribution in [2.24, 2.45) is 5.41 Å². The van der Waals surface area contributed by atoms with Gasteiger partial charge in [0.1, 0.15) is 0 Å². The molecule has 78 valence electrons. The predicted molar refractivity (Wildman–Crippen MR) is 58.0 cm³/mol. The first kappa shape index (κ1) is 11.0. The van der Waals surface area contributed by atoms with E-state index in [1.165, 1.54) is 26.1 Å². The molecule has 1 aliphatic rings. The molecule has 13 heavy (non-hydrogen) atoms. The van der Waals surface area contributed by atoms with Crippen molar-refractivity contribution in [3.8, 4) is 0 Å². The standard InChI is InChI=1S/C11H24N2/c1-10-8-11(2,3)9-12(4)6-7-13(10)5/h10H,6-9H2,1-5H3. The summed E-state index contributed by atoms with van der Waals surface area (Å²) >= 11 is 0. The Morgan fingerprint density at radius 3 is 2.38 bits per heavy atom. The summed E-state index contributed by atoms with van der Waals surface area (Å²) in [6.07, 6.45) is 1.30. The highest BCUT2D eigenvalue weighted by atomic mass is 15.2. The average molecular weight is 184 g/mol. The molecule has 0 radical (unpaired) electrons. The Hall–Kier alpha value is -0.0800. The molecular formula is C11H24N2. The van der Waals surface area contributed by atoms with E-state index < -0.39 is 0 Å². The fraction of sp³-hybridized carbons (Fsp3) is 1.00. The Balaban J connectivity index is 2.62. The van der Waals surface area contributed by atoms with Gasteiger partial charge in [0, 0.05) is 25.7 Å². The molecule has 0 N–H and O–H groups in total. The maximum absolute atomic E-state index is 2.47. The first-order valence-electron chi connectivity index (χ1n) is 5.29. The molecular weight excluding hydrogens is 160 g/mol. The fourth-order valence-corrected chi connectivity index (χ4v) is 2.38. The number of likely N-dealkylation sites (N-methyl/N-ethyl adjacent to an activating group) is 2. The highest BCUT2D eigenvalue weighted by Gasteiger charge is 2.26. The lowest BCUT2D eigenvalue weighted by Gasteiger charge is -2.39. The molecule has 1 saturated heterocycles. The van der Waals surface area contributed by atoms with E-state index in [1.54, 1.807) is 0 Å². The summed E-state index contributed by atoms with van der Waals surface area (Å²) in [6.45, 7) is 10.7. The molecule has 0 aliphatic carbocycles. The molecule has 0 aromatic carbocycles. The highest BCUT2D eigenvalue weighted by molar-refractivity contribution is 4.81. The van der Waals surface area contributed by atoms with Gasteiger partial charge < -0.3 is 9.80 Å². The highest BCUT2D eigenvalue weighted by Crippen LogP contribution is 2.26. The van der Waals surface area contributed by atoms with Crippen LogP contribution >= 0.6 is 0 Å². The van der Waals surface area contributed by atoms with Gasteiger partial charge in [0.15, 0.2) is 0 Å². The Labute approximate surface area is 82.9 Å². The number of hydrogen-bond acceptors (Lipinski definition) is 2. The SMILES string of the molecule is CC1CC(C)(C)CN(C)CCN1C. The van der Waals surface area contributed by atoms with E-state index in [9.17, 15) is 0 Å². The molecule has 1 atom stereocenters. The first-order chi connectivity index (χ1) is 5.91. The Morgan fingerprint density at radius 1 is 1.15 bits per heavy atom. The molecule has 2 nitrogen and oxygen atoms in total. The van der Waals surface area contributed by atoms with Crippen molar-refractivity contribution in [3.63, 3.8) is 0 Å². The average Bonchev–Trinajstić information content (AvgIpc) is 1.96. The molecule has 0 aromatic rings. The van der Waals surface area contributed by atoms with Gasteiger partial charge in [-0.2, -0.15) is 0 Å². The normalized spacial score (nSPS) is 32.5. The van der Waals surface area contributed by atoms with Gasteiger partial charge in [0.05, 0.1) is 0 Å². The smallest absolute Gasteiger partial charge is 0.0109 e. The van der Waals surface area contributed by atoms with Gasteiger partial charge in [-0.05, 0) is 32.9 Å². The zero-order valence-electron chi connectivity index (χ0n) is 9.80. The number of rotatable bonds is 0. The van der Waals surface area contributed by atoms with Crippen molar-refractivity contribution < 1.29 is 0 Å². The molecule has 0 spiro atoms. The summed E-state index contributed by atoms with van der Waals surface area (Å²) < 4.78 is 0. The summed E-state index contributed by atoms with van der Waals surface area (Å²) in [5.74, 6) is 0. The van der Waals surface area contributed by atoms with Crippen molar-refractivity contribution >= 4 is 0 Å². The third-order valence-electron chi connectivity index (χ3n) is 3.13. The quantitative estimate of drug-likeness (QED) is 0.565. The van der Waals surface area contributed by atoms with Crippen molar-refractivity contribution in [2.75, 3.05) is 33.7 Å².